The van der Waals surface area contributed by atoms with Crippen LogP contribution in [-0.2, 0) is 6.54 Å². The quantitative estimate of drug-likeness (QED) is 0.781. The van der Waals surface area contributed by atoms with Crippen LogP contribution in [-0.4, -0.2) is 16.1 Å². The van der Waals surface area contributed by atoms with Gasteiger partial charge in [0.2, 0.25) is 0 Å². The van der Waals surface area contributed by atoms with E-state index in [-0.39, 0.29) is 0 Å². The van der Waals surface area contributed by atoms with Crippen LogP contribution in [0.3, 0.4) is 0 Å². The fraction of sp³-hybridized carbons (Fsp3) is 0.231. The molecular formula is C13H13ClN2O. The Morgan fingerprint density at radius 2 is 2.18 bits per heavy atom. The molecule has 2 rings (SSSR count). The Morgan fingerprint density at radius 3 is 2.76 bits per heavy atom. The molecule has 0 N–H and O–H groups in total. The Labute approximate surface area is 105 Å². The third kappa shape index (κ3) is 2.11. The zero-order valence-corrected chi connectivity index (χ0v) is 10.5. The number of carbonyl (C=O) groups excluding carboxylic acids is 1. The van der Waals surface area contributed by atoms with Gasteiger partial charge < -0.3 is 0 Å². The first kappa shape index (κ1) is 11.9. The number of halogens is 1. The molecule has 0 atom stereocenters. The third-order valence-corrected chi connectivity index (χ3v) is 3.07. The molecule has 4 heteroatoms. The summed E-state index contributed by atoms with van der Waals surface area (Å²) in [6, 6.07) is 5.31. The molecule has 2 aromatic rings. The summed E-state index contributed by atoms with van der Waals surface area (Å²) in [6.07, 6.45) is 2.61. The number of nitrogens with zero attached hydrogens (tertiary/aromatic N) is 2. The predicted octanol–water partition coefficient (Wildman–Crippen LogP) is 3.34. The van der Waals surface area contributed by atoms with E-state index < -0.39 is 0 Å². The second kappa shape index (κ2) is 4.72. The standard InChI is InChI=1S/C13H13ClN2O/c1-3-16-9(2)13(7-15-16)12-5-4-11(14)6-10(12)8-17/h4-8H,3H2,1-2H3. The number of carbonyl (C=O) groups is 1. The summed E-state index contributed by atoms with van der Waals surface area (Å²) in [5, 5.41) is 4.84. The average Bonchev–Trinajstić information content (AvgIpc) is 2.70. The summed E-state index contributed by atoms with van der Waals surface area (Å²) in [5.41, 5.74) is 3.50. The molecule has 0 radical (unpaired) electrons. The van der Waals surface area contributed by atoms with Gasteiger partial charge in [-0.2, -0.15) is 5.10 Å². The lowest BCUT2D eigenvalue weighted by molar-refractivity contribution is 0.112. The Morgan fingerprint density at radius 1 is 1.41 bits per heavy atom. The summed E-state index contributed by atoms with van der Waals surface area (Å²) < 4.78 is 1.90. The van der Waals surface area contributed by atoms with E-state index in [1.54, 1.807) is 18.3 Å². The zero-order valence-electron chi connectivity index (χ0n) is 9.77. The lowest BCUT2D eigenvalue weighted by Crippen LogP contribution is -1.98. The maximum Gasteiger partial charge on any atom is 0.150 e. The molecule has 0 aliphatic rings. The van der Waals surface area contributed by atoms with E-state index in [1.807, 2.05) is 24.6 Å². The van der Waals surface area contributed by atoms with Crippen LogP contribution >= 0.6 is 11.6 Å². The number of rotatable bonds is 3. The van der Waals surface area contributed by atoms with Gasteiger partial charge in [-0.05, 0) is 31.5 Å². The molecule has 1 aromatic heterocycles. The van der Waals surface area contributed by atoms with Crippen molar-refractivity contribution in [1.29, 1.82) is 0 Å². The summed E-state index contributed by atoms with van der Waals surface area (Å²) >= 11 is 5.88. The molecule has 0 fully saturated rings. The van der Waals surface area contributed by atoms with Crippen LogP contribution in [0.15, 0.2) is 24.4 Å². The Hall–Kier alpha value is -1.61. The van der Waals surface area contributed by atoms with Crippen LogP contribution in [0.5, 0.6) is 0 Å². The monoisotopic (exact) mass is 248 g/mol. The minimum atomic E-state index is 0.566. The van der Waals surface area contributed by atoms with Crippen molar-refractivity contribution in [2.75, 3.05) is 0 Å². The van der Waals surface area contributed by atoms with Crippen molar-refractivity contribution < 1.29 is 4.79 Å². The van der Waals surface area contributed by atoms with Crippen LogP contribution in [0.25, 0.3) is 11.1 Å². The van der Waals surface area contributed by atoms with Crippen LogP contribution in [0, 0.1) is 6.92 Å². The van der Waals surface area contributed by atoms with E-state index in [1.165, 1.54) is 0 Å². The van der Waals surface area contributed by atoms with Gasteiger partial charge in [0, 0.05) is 28.4 Å². The van der Waals surface area contributed by atoms with Gasteiger partial charge in [-0.25, -0.2) is 0 Å². The van der Waals surface area contributed by atoms with Gasteiger partial charge in [-0.15, -0.1) is 0 Å². The van der Waals surface area contributed by atoms with E-state index in [2.05, 4.69) is 5.10 Å². The lowest BCUT2D eigenvalue weighted by Gasteiger charge is -2.05. The molecule has 0 amide bonds. The lowest BCUT2D eigenvalue weighted by atomic mass is 10.0. The van der Waals surface area contributed by atoms with Crippen LogP contribution < -0.4 is 0 Å². The fourth-order valence-electron chi connectivity index (χ4n) is 1.91. The number of benzene rings is 1. The van der Waals surface area contributed by atoms with Crippen molar-refractivity contribution in [3.05, 3.63) is 40.7 Å². The molecule has 0 aliphatic carbocycles. The van der Waals surface area contributed by atoms with Crippen molar-refractivity contribution in [3.63, 3.8) is 0 Å². The normalized spacial score (nSPS) is 10.5. The summed E-state index contributed by atoms with van der Waals surface area (Å²) in [5.74, 6) is 0. The zero-order chi connectivity index (χ0) is 12.4. The highest BCUT2D eigenvalue weighted by Gasteiger charge is 2.11. The third-order valence-electron chi connectivity index (χ3n) is 2.83. The summed E-state index contributed by atoms with van der Waals surface area (Å²) in [4.78, 5) is 11.1. The van der Waals surface area contributed by atoms with Crippen molar-refractivity contribution in [3.8, 4) is 11.1 Å². The van der Waals surface area contributed by atoms with Crippen molar-refractivity contribution in [1.82, 2.24) is 9.78 Å². The SMILES string of the molecule is CCn1ncc(-c2ccc(Cl)cc2C=O)c1C. The van der Waals surface area contributed by atoms with Gasteiger partial charge in [0.25, 0.3) is 0 Å². The second-order valence-corrected chi connectivity index (χ2v) is 4.25. The highest BCUT2D eigenvalue weighted by Crippen LogP contribution is 2.27. The summed E-state index contributed by atoms with van der Waals surface area (Å²) in [6.45, 7) is 4.84. The molecule has 1 aromatic carbocycles. The topological polar surface area (TPSA) is 34.9 Å². The average molecular weight is 249 g/mol. The number of hydrogen-bond donors (Lipinski definition) is 0. The first-order valence-electron chi connectivity index (χ1n) is 5.45. The van der Waals surface area contributed by atoms with Gasteiger partial charge in [0.05, 0.1) is 6.20 Å². The molecule has 0 saturated carbocycles. The molecule has 0 bridgehead atoms. The number of aldehydes is 1. The Bertz CT molecular complexity index is 561. The smallest absolute Gasteiger partial charge is 0.150 e. The molecule has 1 heterocycles. The maximum absolute atomic E-state index is 11.1. The Kier molecular flexibility index (Phi) is 3.29. The predicted molar refractivity (Wildman–Crippen MR) is 68.5 cm³/mol. The van der Waals surface area contributed by atoms with Gasteiger partial charge in [-0.1, -0.05) is 17.7 Å². The van der Waals surface area contributed by atoms with Gasteiger partial charge in [-0.3, -0.25) is 9.48 Å². The van der Waals surface area contributed by atoms with Gasteiger partial charge in [0.15, 0.2) is 6.29 Å². The first-order chi connectivity index (χ1) is 8.17. The van der Waals surface area contributed by atoms with Crippen LogP contribution in [0.1, 0.15) is 23.0 Å². The summed E-state index contributed by atoms with van der Waals surface area (Å²) in [7, 11) is 0. The van der Waals surface area contributed by atoms with Crippen molar-refractivity contribution >= 4 is 17.9 Å². The number of aryl methyl sites for hydroxylation is 1. The highest BCUT2D eigenvalue weighted by atomic mass is 35.5. The molecule has 0 spiro atoms. The molecular weight excluding hydrogens is 236 g/mol. The fourth-order valence-corrected chi connectivity index (χ4v) is 2.09. The molecule has 0 saturated heterocycles. The first-order valence-corrected chi connectivity index (χ1v) is 5.82. The maximum atomic E-state index is 11.1. The van der Waals surface area contributed by atoms with E-state index in [4.69, 9.17) is 11.6 Å². The van der Waals surface area contributed by atoms with Gasteiger partial charge in [0.1, 0.15) is 0 Å². The van der Waals surface area contributed by atoms with E-state index in [9.17, 15) is 4.79 Å². The molecule has 0 unspecified atom stereocenters. The van der Waals surface area contributed by atoms with E-state index >= 15 is 0 Å². The molecule has 17 heavy (non-hydrogen) atoms. The van der Waals surface area contributed by atoms with E-state index in [0.717, 1.165) is 29.7 Å². The molecule has 88 valence electrons. The minimum Gasteiger partial charge on any atom is -0.298 e. The van der Waals surface area contributed by atoms with Crippen molar-refractivity contribution in [2.24, 2.45) is 0 Å². The van der Waals surface area contributed by atoms with Gasteiger partial charge >= 0.3 is 0 Å². The number of aromatic nitrogens is 2. The van der Waals surface area contributed by atoms with Crippen LogP contribution in [0.2, 0.25) is 5.02 Å². The second-order valence-electron chi connectivity index (χ2n) is 3.81. The largest absolute Gasteiger partial charge is 0.298 e. The van der Waals surface area contributed by atoms with Crippen LogP contribution in [0.4, 0.5) is 0 Å². The highest BCUT2D eigenvalue weighted by molar-refractivity contribution is 6.31. The van der Waals surface area contributed by atoms with Crippen molar-refractivity contribution in [2.45, 2.75) is 20.4 Å². The minimum absolute atomic E-state index is 0.566. The molecule has 3 nitrogen and oxygen atoms in total. The van der Waals surface area contributed by atoms with E-state index in [0.29, 0.717) is 10.6 Å². The number of hydrogen-bond acceptors (Lipinski definition) is 2. The Balaban J connectivity index is 2.59. The molecule has 0 aliphatic heterocycles.